The summed E-state index contributed by atoms with van der Waals surface area (Å²) < 4.78 is 40.4. The molecule has 0 aliphatic rings. The molecule has 0 spiro atoms. The summed E-state index contributed by atoms with van der Waals surface area (Å²) in [6, 6.07) is 15.6. The number of anilines is 1. The van der Waals surface area contributed by atoms with Crippen molar-refractivity contribution in [2.24, 2.45) is 0 Å². The van der Waals surface area contributed by atoms with E-state index in [4.69, 9.17) is 0 Å². The van der Waals surface area contributed by atoms with Crippen LogP contribution in [0.4, 0.5) is 18.9 Å². The van der Waals surface area contributed by atoms with E-state index >= 15 is 0 Å². The zero-order valence-electron chi connectivity index (χ0n) is 18.2. The van der Waals surface area contributed by atoms with Gasteiger partial charge in [0.2, 0.25) is 11.8 Å². The van der Waals surface area contributed by atoms with Crippen molar-refractivity contribution in [3.05, 3.63) is 82.3 Å². The van der Waals surface area contributed by atoms with E-state index < -0.39 is 23.6 Å². The third-order valence-electron chi connectivity index (χ3n) is 4.40. The smallest absolute Gasteiger partial charge is 0.406 e. The van der Waals surface area contributed by atoms with Crippen LogP contribution < -0.4 is 20.9 Å². The van der Waals surface area contributed by atoms with Gasteiger partial charge < -0.3 is 20.4 Å². The molecule has 184 valence electrons. The Morgan fingerprint density at radius 2 is 1.74 bits per heavy atom. The summed E-state index contributed by atoms with van der Waals surface area (Å²) in [5.41, 5.74) is 1.15. The van der Waals surface area contributed by atoms with Crippen molar-refractivity contribution >= 4 is 29.3 Å². The van der Waals surface area contributed by atoms with Crippen molar-refractivity contribution in [2.45, 2.75) is 24.4 Å². The van der Waals surface area contributed by atoms with E-state index in [-0.39, 0.29) is 34.6 Å². The summed E-state index contributed by atoms with van der Waals surface area (Å²) in [6.45, 7) is 0.442. The van der Waals surface area contributed by atoms with Gasteiger partial charge in [-0.05, 0) is 36.2 Å². The number of nitrogens with one attached hydrogen (secondary N) is 3. The number of thioether (sulfide) groups is 1. The predicted octanol–water partition coefficient (Wildman–Crippen LogP) is 3.30. The number of aromatic amines is 1. The maximum Gasteiger partial charge on any atom is 0.573 e. The van der Waals surface area contributed by atoms with E-state index in [2.05, 4.69) is 25.3 Å². The van der Waals surface area contributed by atoms with Crippen molar-refractivity contribution in [1.29, 1.82) is 0 Å². The standard InChI is InChI=1S/C23H21F3N4O4S/c24-23(25,26)34-18-8-6-16(7-9-18)28-21(33)14-35-22-29-17(13-20(32)30-22)12-19(31)27-11-10-15-4-2-1-3-5-15/h1-9,13H,10-12,14H2,(H,27,31)(H,28,33)(H,29,30,32). The van der Waals surface area contributed by atoms with Crippen LogP contribution in [0.25, 0.3) is 0 Å². The number of ether oxygens (including phenoxy) is 1. The molecule has 2 amide bonds. The molecule has 8 nitrogen and oxygen atoms in total. The van der Waals surface area contributed by atoms with Crippen LogP contribution in [-0.2, 0) is 22.4 Å². The lowest BCUT2D eigenvalue weighted by molar-refractivity contribution is -0.274. The minimum Gasteiger partial charge on any atom is -0.406 e. The van der Waals surface area contributed by atoms with Crippen LogP contribution in [0.2, 0.25) is 0 Å². The first-order chi connectivity index (χ1) is 16.7. The summed E-state index contributed by atoms with van der Waals surface area (Å²) in [6.07, 6.45) is -4.23. The van der Waals surface area contributed by atoms with Gasteiger partial charge in [0.15, 0.2) is 5.16 Å². The van der Waals surface area contributed by atoms with Gasteiger partial charge in [-0.1, -0.05) is 42.1 Å². The van der Waals surface area contributed by atoms with Crippen LogP contribution >= 0.6 is 11.8 Å². The van der Waals surface area contributed by atoms with Gasteiger partial charge in [0.1, 0.15) is 5.75 Å². The highest BCUT2D eigenvalue weighted by atomic mass is 32.2. The van der Waals surface area contributed by atoms with Crippen molar-refractivity contribution in [2.75, 3.05) is 17.6 Å². The number of nitrogens with zero attached hydrogens (tertiary/aromatic N) is 1. The Balaban J connectivity index is 1.47. The van der Waals surface area contributed by atoms with Crippen LogP contribution in [0.3, 0.4) is 0 Å². The lowest BCUT2D eigenvalue weighted by Gasteiger charge is -2.10. The van der Waals surface area contributed by atoms with E-state index in [1.54, 1.807) is 0 Å². The second kappa shape index (κ2) is 12.1. The molecule has 0 saturated heterocycles. The molecular formula is C23H21F3N4O4S. The molecule has 3 N–H and O–H groups in total. The molecule has 0 atom stereocenters. The van der Waals surface area contributed by atoms with Crippen LogP contribution in [0, 0.1) is 0 Å². The second-order valence-corrected chi connectivity index (χ2v) is 8.18. The number of carbonyl (C=O) groups is 2. The average molecular weight is 507 g/mol. The van der Waals surface area contributed by atoms with Gasteiger partial charge in [-0.15, -0.1) is 13.2 Å². The van der Waals surface area contributed by atoms with E-state index in [1.807, 2.05) is 30.3 Å². The number of carbonyl (C=O) groups excluding carboxylic acids is 2. The van der Waals surface area contributed by atoms with Crippen molar-refractivity contribution in [1.82, 2.24) is 15.3 Å². The second-order valence-electron chi connectivity index (χ2n) is 7.21. The summed E-state index contributed by atoms with van der Waals surface area (Å²) in [5, 5.41) is 5.46. The molecule has 0 unspecified atom stereocenters. The largest absolute Gasteiger partial charge is 0.573 e. The zero-order valence-corrected chi connectivity index (χ0v) is 19.0. The molecule has 35 heavy (non-hydrogen) atoms. The van der Waals surface area contributed by atoms with Gasteiger partial charge in [0, 0.05) is 18.3 Å². The first kappa shape index (κ1) is 25.8. The molecular weight excluding hydrogens is 485 g/mol. The first-order valence-electron chi connectivity index (χ1n) is 10.4. The quantitative estimate of drug-likeness (QED) is 0.287. The SMILES string of the molecule is O=C(Cc1cc(=O)[nH]c(SCC(=O)Nc2ccc(OC(F)(F)F)cc2)n1)NCCc1ccccc1. The molecule has 2 aromatic carbocycles. The Morgan fingerprint density at radius 3 is 2.43 bits per heavy atom. The van der Waals surface area contributed by atoms with Gasteiger partial charge in [-0.2, -0.15) is 0 Å². The Labute approximate surface area is 202 Å². The first-order valence-corrected chi connectivity index (χ1v) is 11.3. The minimum absolute atomic E-state index is 0.0924. The van der Waals surface area contributed by atoms with Gasteiger partial charge >= 0.3 is 6.36 Å². The van der Waals surface area contributed by atoms with Crippen LogP contribution in [0.15, 0.2) is 70.6 Å². The van der Waals surface area contributed by atoms with Crippen molar-refractivity contribution < 1.29 is 27.5 Å². The number of H-pyrrole nitrogens is 1. The molecule has 0 radical (unpaired) electrons. The number of hydrogen-bond donors (Lipinski definition) is 3. The highest BCUT2D eigenvalue weighted by Gasteiger charge is 2.30. The molecule has 0 saturated carbocycles. The lowest BCUT2D eigenvalue weighted by Crippen LogP contribution is -2.28. The van der Waals surface area contributed by atoms with E-state index in [0.717, 1.165) is 29.5 Å². The molecule has 12 heteroatoms. The van der Waals surface area contributed by atoms with E-state index in [9.17, 15) is 27.6 Å². The molecule has 3 rings (SSSR count). The van der Waals surface area contributed by atoms with Gasteiger partial charge in [-0.25, -0.2) is 4.98 Å². The Kier molecular flexibility index (Phi) is 8.90. The topological polar surface area (TPSA) is 113 Å². The summed E-state index contributed by atoms with van der Waals surface area (Å²) >= 11 is 0.945. The average Bonchev–Trinajstić information content (AvgIpc) is 2.78. The van der Waals surface area contributed by atoms with E-state index in [0.29, 0.717) is 13.0 Å². The number of rotatable bonds is 10. The zero-order chi connectivity index (χ0) is 25.3. The summed E-state index contributed by atoms with van der Waals surface area (Å²) in [5.74, 6) is -1.29. The van der Waals surface area contributed by atoms with E-state index in [1.165, 1.54) is 18.2 Å². The highest BCUT2D eigenvalue weighted by Crippen LogP contribution is 2.24. The molecule has 3 aromatic rings. The number of halogens is 3. The number of aromatic nitrogens is 2. The number of hydrogen-bond acceptors (Lipinski definition) is 6. The molecule has 1 heterocycles. The Morgan fingerprint density at radius 1 is 1.03 bits per heavy atom. The van der Waals surface area contributed by atoms with Crippen molar-refractivity contribution in [3.8, 4) is 5.75 Å². The number of amides is 2. The van der Waals surface area contributed by atoms with Gasteiger partial charge in [0.25, 0.3) is 5.56 Å². The summed E-state index contributed by atoms with van der Waals surface area (Å²) in [4.78, 5) is 43.0. The minimum atomic E-state index is -4.80. The van der Waals surface area contributed by atoms with Gasteiger partial charge in [-0.3, -0.25) is 14.4 Å². The van der Waals surface area contributed by atoms with Crippen molar-refractivity contribution in [3.63, 3.8) is 0 Å². The van der Waals surface area contributed by atoms with Crippen LogP contribution in [-0.4, -0.2) is 40.4 Å². The van der Waals surface area contributed by atoms with Crippen LogP contribution in [0.5, 0.6) is 5.75 Å². The van der Waals surface area contributed by atoms with Crippen LogP contribution in [0.1, 0.15) is 11.3 Å². The molecule has 0 bridgehead atoms. The fourth-order valence-corrected chi connectivity index (χ4v) is 3.63. The number of benzene rings is 2. The maximum atomic E-state index is 12.2. The third-order valence-corrected chi connectivity index (χ3v) is 5.28. The Hall–Kier alpha value is -3.80. The molecule has 1 aromatic heterocycles. The third kappa shape index (κ3) is 9.53. The predicted molar refractivity (Wildman–Crippen MR) is 124 cm³/mol. The monoisotopic (exact) mass is 506 g/mol. The lowest BCUT2D eigenvalue weighted by atomic mass is 10.1. The Bertz CT molecular complexity index is 1200. The molecule has 0 fully saturated rings. The molecule has 0 aliphatic heterocycles. The normalized spacial score (nSPS) is 11.1. The summed E-state index contributed by atoms with van der Waals surface area (Å²) in [7, 11) is 0. The fraction of sp³-hybridized carbons (Fsp3) is 0.217. The maximum absolute atomic E-state index is 12.2. The van der Waals surface area contributed by atoms with Gasteiger partial charge in [0.05, 0.1) is 17.9 Å². The fourth-order valence-electron chi connectivity index (χ4n) is 2.93. The molecule has 0 aliphatic carbocycles. The number of alkyl halides is 3. The highest BCUT2D eigenvalue weighted by molar-refractivity contribution is 7.99.